The van der Waals surface area contributed by atoms with Gasteiger partial charge in [0.05, 0.1) is 6.42 Å². The van der Waals surface area contributed by atoms with Crippen molar-refractivity contribution in [1.29, 1.82) is 0 Å². The molecule has 0 spiro atoms. The maximum Gasteiger partial charge on any atom is 1.00 e. The van der Waals surface area contributed by atoms with Crippen molar-refractivity contribution in [2.24, 2.45) is 0 Å². The monoisotopic (exact) mass is 234 g/mol. The fourth-order valence-corrected chi connectivity index (χ4v) is 0.475. The molecule has 0 atom stereocenters. The Bertz CT molecular complexity index is 201. The molecule has 6 heteroatoms. The van der Waals surface area contributed by atoms with Gasteiger partial charge in [-0.25, -0.2) is 0 Å². The maximum absolute atomic E-state index is 10.5. The van der Waals surface area contributed by atoms with E-state index in [4.69, 9.17) is 0 Å². The van der Waals surface area contributed by atoms with Crippen LogP contribution in [0.15, 0.2) is 11.8 Å². The minimum absolute atomic E-state index is 0. The SMILES string of the molecule is CC/C([O-])=C/C(=O)CC(=O)[O-].[K+].[K+]. The average Bonchev–Trinajstić information content (AvgIpc) is 1.85. The van der Waals surface area contributed by atoms with E-state index in [2.05, 4.69) is 0 Å². The van der Waals surface area contributed by atoms with Gasteiger partial charge in [-0.05, 0) is 12.5 Å². The molecule has 0 aliphatic carbocycles. The third kappa shape index (κ3) is 14.0. The maximum atomic E-state index is 10.5. The van der Waals surface area contributed by atoms with E-state index in [1.54, 1.807) is 6.92 Å². The summed E-state index contributed by atoms with van der Waals surface area (Å²) in [5, 5.41) is 20.3. The summed E-state index contributed by atoms with van der Waals surface area (Å²) in [4.78, 5) is 20.3. The van der Waals surface area contributed by atoms with Crippen LogP contribution in [0.4, 0.5) is 0 Å². The first-order valence-corrected chi connectivity index (χ1v) is 3.16. The second-order valence-corrected chi connectivity index (χ2v) is 1.98. The minimum atomic E-state index is -1.46. The third-order valence-electron chi connectivity index (χ3n) is 0.989. The zero-order valence-electron chi connectivity index (χ0n) is 8.12. The van der Waals surface area contributed by atoms with Crippen LogP contribution in [0.2, 0.25) is 0 Å². The number of ketones is 1. The molecular weight excluding hydrogens is 226 g/mol. The Morgan fingerprint density at radius 2 is 1.69 bits per heavy atom. The molecule has 0 aliphatic heterocycles. The number of carbonyl (C=O) groups excluding carboxylic acids is 2. The van der Waals surface area contributed by atoms with Gasteiger partial charge in [0.1, 0.15) is 0 Å². The van der Waals surface area contributed by atoms with Gasteiger partial charge in [-0.1, -0.05) is 6.92 Å². The molecule has 0 fully saturated rings. The van der Waals surface area contributed by atoms with Crippen LogP contribution >= 0.6 is 0 Å². The summed E-state index contributed by atoms with van der Waals surface area (Å²) in [6, 6.07) is 0. The Morgan fingerprint density at radius 3 is 2.00 bits per heavy atom. The van der Waals surface area contributed by atoms with Crippen molar-refractivity contribution in [3.8, 4) is 0 Å². The van der Waals surface area contributed by atoms with Crippen molar-refractivity contribution < 1.29 is 123 Å². The number of hydrogen-bond acceptors (Lipinski definition) is 4. The molecule has 0 saturated heterocycles. The Kier molecular flexibility index (Phi) is 18.8. The Balaban J connectivity index is -0.000000500. The fourth-order valence-electron chi connectivity index (χ4n) is 0.475. The molecule has 0 unspecified atom stereocenters. The summed E-state index contributed by atoms with van der Waals surface area (Å²) >= 11 is 0. The molecule has 0 aromatic rings. The van der Waals surface area contributed by atoms with Gasteiger partial charge in [-0.2, -0.15) is 0 Å². The summed E-state index contributed by atoms with van der Waals surface area (Å²) < 4.78 is 0. The van der Waals surface area contributed by atoms with Crippen molar-refractivity contribution in [2.75, 3.05) is 0 Å². The standard InChI is InChI=1S/C7H10O4.2K/c1-2-5(8)3-6(9)4-7(10)11;;/h3,8H,2,4H2,1H3,(H,10,11);;/q;2*+1/p-2/b5-3-;;. The molecule has 0 bridgehead atoms. The van der Waals surface area contributed by atoms with Crippen LogP contribution in [0.5, 0.6) is 0 Å². The average molecular weight is 234 g/mol. The Morgan fingerprint density at radius 1 is 1.23 bits per heavy atom. The first kappa shape index (κ1) is 20.4. The molecule has 4 nitrogen and oxygen atoms in total. The van der Waals surface area contributed by atoms with E-state index in [0.29, 0.717) is 0 Å². The molecule has 0 aliphatic rings. The second-order valence-electron chi connectivity index (χ2n) is 1.98. The van der Waals surface area contributed by atoms with Crippen molar-refractivity contribution in [3.63, 3.8) is 0 Å². The number of rotatable bonds is 4. The number of carboxylic acid groups (broad SMARTS) is 1. The number of hydrogen-bond donors (Lipinski definition) is 0. The summed E-state index contributed by atoms with van der Waals surface area (Å²) in [6.45, 7) is 1.59. The topological polar surface area (TPSA) is 80.3 Å². The summed E-state index contributed by atoms with van der Waals surface area (Å²) in [6.07, 6.45) is 0.278. The van der Waals surface area contributed by atoms with Crippen LogP contribution < -0.4 is 113 Å². The molecule has 0 heterocycles. The Labute approximate surface area is 162 Å². The number of allylic oxidation sites excluding steroid dienone is 2. The van der Waals surface area contributed by atoms with Crippen molar-refractivity contribution >= 4 is 11.8 Å². The first-order chi connectivity index (χ1) is 5.06. The van der Waals surface area contributed by atoms with Gasteiger partial charge in [0.15, 0.2) is 5.78 Å². The van der Waals surface area contributed by atoms with Crippen LogP contribution in [0.1, 0.15) is 19.8 Å². The van der Waals surface area contributed by atoms with Crippen LogP contribution in [0, 0.1) is 0 Å². The van der Waals surface area contributed by atoms with Gasteiger partial charge >= 0.3 is 103 Å². The van der Waals surface area contributed by atoms with Gasteiger partial charge < -0.3 is 15.0 Å². The smallest absolute Gasteiger partial charge is 0.875 e. The van der Waals surface area contributed by atoms with Gasteiger partial charge in [0.25, 0.3) is 0 Å². The molecule has 62 valence electrons. The van der Waals surface area contributed by atoms with Gasteiger partial charge in [-0.3, -0.25) is 4.79 Å². The largest absolute Gasteiger partial charge is 1.00 e. The van der Waals surface area contributed by atoms with Crippen LogP contribution in [0.25, 0.3) is 0 Å². The molecule has 0 aromatic carbocycles. The second kappa shape index (κ2) is 12.0. The minimum Gasteiger partial charge on any atom is -0.875 e. The van der Waals surface area contributed by atoms with E-state index in [9.17, 15) is 19.8 Å². The third-order valence-corrected chi connectivity index (χ3v) is 0.989. The zero-order valence-corrected chi connectivity index (χ0v) is 14.4. The molecular formula is C7H8K2O4. The molecule has 13 heavy (non-hydrogen) atoms. The first-order valence-electron chi connectivity index (χ1n) is 3.16. The van der Waals surface area contributed by atoms with Gasteiger partial charge in [0.2, 0.25) is 0 Å². The predicted molar refractivity (Wildman–Crippen MR) is 33.0 cm³/mol. The number of aliphatic carboxylic acids is 1. The van der Waals surface area contributed by atoms with Crippen molar-refractivity contribution in [2.45, 2.75) is 19.8 Å². The molecule has 0 amide bonds. The summed E-state index contributed by atoms with van der Waals surface area (Å²) in [7, 11) is 0. The quantitative estimate of drug-likeness (QED) is 0.209. The fraction of sp³-hybridized carbons (Fsp3) is 0.429. The molecule has 0 radical (unpaired) electrons. The summed E-state index contributed by atoms with van der Waals surface area (Å²) in [5.74, 6) is -2.54. The predicted octanol–water partition coefficient (Wildman–Crippen LogP) is -7.64. The van der Waals surface area contributed by atoms with E-state index >= 15 is 0 Å². The van der Waals surface area contributed by atoms with Crippen molar-refractivity contribution in [3.05, 3.63) is 11.8 Å². The van der Waals surface area contributed by atoms with Crippen molar-refractivity contribution in [1.82, 2.24) is 0 Å². The van der Waals surface area contributed by atoms with E-state index in [1.165, 1.54) is 0 Å². The van der Waals surface area contributed by atoms with E-state index in [1.807, 2.05) is 0 Å². The van der Waals surface area contributed by atoms with Gasteiger partial charge in [-0.15, -0.1) is 5.76 Å². The van der Waals surface area contributed by atoms with Crippen LogP contribution in [-0.4, -0.2) is 11.8 Å². The number of carbonyl (C=O) groups is 2. The Hall–Kier alpha value is 1.95. The molecule has 0 rings (SSSR count). The molecule has 0 saturated carbocycles. The summed E-state index contributed by atoms with van der Waals surface area (Å²) in [5.41, 5.74) is 0. The molecule has 0 N–H and O–H groups in total. The molecule has 0 aromatic heterocycles. The van der Waals surface area contributed by atoms with Crippen LogP contribution in [0.3, 0.4) is 0 Å². The van der Waals surface area contributed by atoms with E-state index in [0.717, 1.165) is 6.08 Å². The van der Waals surface area contributed by atoms with E-state index < -0.39 is 18.2 Å². The zero-order chi connectivity index (χ0) is 8.85. The van der Waals surface area contributed by atoms with Crippen LogP contribution in [-0.2, 0) is 9.59 Å². The van der Waals surface area contributed by atoms with E-state index in [-0.39, 0.29) is 115 Å². The normalized spacial score (nSPS) is 9.46. The number of carboxylic acids is 1. The van der Waals surface area contributed by atoms with Gasteiger partial charge in [0, 0.05) is 5.97 Å².